The summed E-state index contributed by atoms with van der Waals surface area (Å²) in [6, 6.07) is 0. The molecule has 1 atom stereocenters. The van der Waals surface area contributed by atoms with E-state index in [0.29, 0.717) is 5.92 Å². The van der Waals surface area contributed by atoms with Crippen molar-refractivity contribution in [3.05, 3.63) is 12.2 Å². The molecular formula is C10H16O. The summed E-state index contributed by atoms with van der Waals surface area (Å²) in [7, 11) is 0. The van der Waals surface area contributed by atoms with E-state index in [-0.39, 0.29) is 11.2 Å². The number of allylic oxidation sites excluding steroid dienone is 2. The van der Waals surface area contributed by atoms with Gasteiger partial charge < -0.3 is 0 Å². The zero-order valence-electron chi connectivity index (χ0n) is 7.55. The van der Waals surface area contributed by atoms with Crippen LogP contribution in [0.2, 0.25) is 0 Å². The minimum atomic E-state index is 0.258. The maximum atomic E-state index is 10.9. The van der Waals surface area contributed by atoms with Gasteiger partial charge in [-0.15, -0.1) is 0 Å². The lowest BCUT2D eigenvalue weighted by Gasteiger charge is -2.32. The topological polar surface area (TPSA) is 17.1 Å². The van der Waals surface area contributed by atoms with Gasteiger partial charge in [-0.2, -0.15) is 0 Å². The Kier molecular flexibility index (Phi) is 2.17. The van der Waals surface area contributed by atoms with Crippen molar-refractivity contribution in [1.82, 2.24) is 0 Å². The van der Waals surface area contributed by atoms with Gasteiger partial charge in [0, 0.05) is 6.42 Å². The van der Waals surface area contributed by atoms with Crippen LogP contribution < -0.4 is 0 Å². The molecule has 11 heavy (non-hydrogen) atoms. The molecule has 0 aromatic heterocycles. The second kappa shape index (κ2) is 2.80. The Bertz CT molecular complexity index is 191. The standard InChI is InChI=1S/C10H16O/c1-8(2)10(3)6-4-9(11)5-7-10/h4,6,8H,5,7H2,1-3H3. The first-order valence-electron chi connectivity index (χ1n) is 4.27. The molecule has 0 amide bonds. The average Bonchev–Trinajstić information content (AvgIpc) is 1.95. The second-order valence-corrected chi connectivity index (χ2v) is 3.96. The van der Waals surface area contributed by atoms with Gasteiger partial charge in [0.2, 0.25) is 0 Å². The SMILES string of the molecule is CC(C)C1(C)C=CC(=O)CC1. The zero-order chi connectivity index (χ0) is 8.48. The summed E-state index contributed by atoms with van der Waals surface area (Å²) in [6.07, 6.45) is 5.55. The van der Waals surface area contributed by atoms with Crippen molar-refractivity contribution in [2.24, 2.45) is 11.3 Å². The number of carbonyl (C=O) groups excluding carboxylic acids is 1. The van der Waals surface area contributed by atoms with E-state index in [1.54, 1.807) is 6.08 Å². The molecule has 1 nitrogen and oxygen atoms in total. The molecule has 1 aliphatic carbocycles. The highest BCUT2D eigenvalue weighted by molar-refractivity contribution is 5.90. The van der Waals surface area contributed by atoms with Crippen molar-refractivity contribution in [1.29, 1.82) is 0 Å². The number of rotatable bonds is 1. The first-order valence-corrected chi connectivity index (χ1v) is 4.27. The summed E-state index contributed by atoms with van der Waals surface area (Å²) in [4.78, 5) is 10.9. The number of ketones is 1. The average molecular weight is 152 g/mol. The molecule has 1 rings (SSSR count). The maximum Gasteiger partial charge on any atom is 0.155 e. The quantitative estimate of drug-likeness (QED) is 0.564. The van der Waals surface area contributed by atoms with E-state index in [0.717, 1.165) is 12.8 Å². The third kappa shape index (κ3) is 1.70. The highest BCUT2D eigenvalue weighted by atomic mass is 16.1. The molecule has 0 aromatic carbocycles. The molecule has 0 aromatic rings. The summed E-state index contributed by atoms with van der Waals surface area (Å²) < 4.78 is 0. The van der Waals surface area contributed by atoms with E-state index in [4.69, 9.17) is 0 Å². The van der Waals surface area contributed by atoms with Gasteiger partial charge in [-0.3, -0.25) is 4.79 Å². The molecule has 0 aliphatic heterocycles. The summed E-state index contributed by atoms with van der Waals surface area (Å²) in [5.41, 5.74) is 0.258. The number of hydrogen-bond donors (Lipinski definition) is 0. The van der Waals surface area contributed by atoms with E-state index >= 15 is 0 Å². The van der Waals surface area contributed by atoms with Crippen molar-refractivity contribution in [3.8, 4) is 0 Å². The fraction of sp³-hybridized carbons (Fsp3) is 0.700. The van der Waals surface area contributed by atoms with E-state index in [1.807, 2.05) is 0 Å². The minimum absolute atomic E-state index is 0.258. The maximum absolute atomic E-state index is 10.9. The van der Waals surface area contributed by atoms with Crippen molar-refractivity contribution in [3.63, 3.8) is 0 Å². The van der Waals surface area contributed by atoms with E-state index < -0.39 is 0 Å². The van der Waals surface area contributed by atoms with Gasteiger partial charge in [-0.1, -0.05) is 26.8 Å². The third-order valence-electron chi connectivity index (χ3n) is 2.88. The van der Waals surface area contributed by atoms with Crippen molar-refractivity contribution in [2.75, 3.05) is 0 Å². The van der Waals surface area contributed by atoms with Crippen LogP contribution in [-0.2, 0) is 4.79 Å². The Morgan fingerprint density at radius 2 is 2.18 bits per heavy atom. The Balaban J connectivity index is 2.75. The lowest BCUT2D eigenvalue weighted by atomic mass is 9.72. The molecule has 1 unspecified atom stereocenters. The Labute approximate surface area is 68.5 Å². The molecule has 0 radical (unpaired) electrons. The molecule has 0 N–H and O–H groups in total. The van der Waals surface area contributed by atoms with Crippen molar-refractivity contribution in [2.45, 2.75) is 33.6 Å². The molecule has 62 valence electrons. The van der Waals surface area contributed by atoms with Crippen molar-refractivity contribution >= 4 is 5.78 Å². The minimum Gasteiger partial charge on any atom is -0.295 e. The van der Waals surface area contributed by atoms with Crippen LogP contribution in [0.3, 0.4) is 0 Å². The van der Waals surface area contributed by atoms with E-state index in [2.05, 4.69) is 26.8 Å². The smallest absolute Gasteiger partial charge is 0.155 e. The first-order chi connectivity index (χ1) is 5.04. The summed E-state index contributed by atoms with van der Waals surface area (Å²) in [5, 5.41) is 0. The largest absolute Gasteiger partial charge is 0.295 e. The van der Waals surface area contributed by atoms with Crippen LogP contribution >= 0.6 is 0 Å². The number of hydrogen-bond acceptors (Lipinski definition) is 1. The van der Waals surface area contributed by atoms with Gasteiger partial charge in [0.1, 0.15) is 0 Å². The molecule has 1 heteroatoms. The van der Waals surface area contributed by atoms with Gasteiger partial charge >= 0.3 is 0 Å². The Hall–Kier alpha value is -0.590. The van der Waals surface area contributed by atoms with Crippen LogP contribution in [0.4, 0.5) is 0 Å². The predicted molar refractivity (Wildman–Crippen MR) is 46.3 cm³/mol. The number of carbonyl (C=O) groups is 1. The highest BCUT2D eigenvalue weighted by Crippen LogP contribution is 2.36. The molecule has 0 spiro atoms. The van der Waals surface area contributed by atoms with Crippen LogP contribution in [0.1, 0.15) is 33.6 Å². The predicted octanol–water partition coefficient (Wildman–Crippen LogP) is 2.57. The normalized spacial score (nSPS) is 31.5. The van der Waals surface area contributed by atoms with Gasteiger partial charge in [-0.25, -0.2) is 0 Å². The molecule has 0 heterocycles. The van der Waals surface area contributed by atoms with Crippen LogP contribution in [0, 0.1) is 11.3 Å². The molecule has 0 bridgehead atoms. The molecular weight excluding hydrogens is 136 g/mol. The van der Waals surface area contributed by atoms with Crippen LogP contribution in [0.5, 0.6) is 0 Å². The van der Waals surface area contributed by atoms with E-state index in [9.17, 15) is 4.79 Å². The zero-order valence-corrected chi connectivity index (χ0v) is 7.55. The van der Waals surface area contributed by atoms with Gasteiger partial charge in [0.25, 0.3) is 0 Å². The summed E-state index contributed by atoms with van der Waals surface area (Å²) >= 11 is 0. The molecule has 0 saturated carbocycles. The summed E-state index contributed by atoms with van der Waals surface area (Å²) in [5.74, 6) is 0.912. The van der Waals surface area contributed by atoms with Gasteiger partial charge in [-0.05, 0) is 23.8 Å². The highest BCUT2D eigenvalue weighted by Gasteiger charge is 2.28. The first kappa shape index (κ1) is 8.51. The fourth-order valence-electron chi connectivity index (χ4n) is 1.32. The second-order valence-electron chi connectivity index (χ2n) is 3.96. The van der Waals surface area contributed by atoms with E-state index in [1.165, 1.54) is 0 Å². The van der Waals surface area contributed by atoms with Gasteiger partial charge in [0.05, 0.1) is 0 Å². The van der Waals surface area contributed by atoms with Gasteiger partial charge in [0.15, 0.2) is 5.78 Å². The lowest BCUT2D eigenvalue weighted by Crippen LogP contribution is -2.25. The van der Waals surface area contributed by atoms with Crippen LogP contribution in [0.15, 0.2) is 12.2 Å². The molecule has 0 fully saturated rings. The fourth-order valence-corrected chi connectivity index (χ4v) is 1.32. The Morgan fingerprint density at radius 1 is 1.55 bits per heavy atom. The summed E-state index contributed by atoms with van der Waals surface area (Å²) in [6.45, 7) is 6.64. The third-order valence-corrected chi connectivity index (χ3v) is 2.88. The monoisotopic (exact) mass is 152 g/mol. The van der Waals surface area contributed by atoms with Crippen LogP contribution in [-0.4, -0.2) is 5.78 Å². The van der Waals surface area contributed by atoms with Crippen LogP contribution in [0.25, 0.3) is 0 Å². The van der Waals surface area contributed by atoms with Crippen molar-refractivity contribution < 1.29 is 4.79 Å². The lowest BCUT2D eigenvalue weighted by molar-refractivity contribution is -0.115. The molecule has 0 saturated heterocycles. The Morgan fingerprint density at radius 3 is 2.55 bits per heavy atom. The molecule has 1 aliphatic rings.